The highest BCUT2D eigenvalue weighted by Gasteiger charge is 2.28. The van der Waals surface area contributed by atoms with Crippen LogP contribution in [0.5, 0.6) is 0 Å². The minimum absolute atomic E-state index is 0.0170. The molecule has 1 fully saturated rings. The first-order valence-electron chi connectivity index (χ1n) is 7.52. The second-order valence-corrected chi connectivity index (χ2v) is 5.62. The summed E-state index contributed by atoms with van der Waals surface area (Å²) in [5, 5.41) is 9.33. The topological polar surface area (TPSA) is 66.0 Å². The summed E-state index contributed by atoms with van der Waals surface area (Å²) in [7, 11) is 0. The maximum absolute atomic E-state index is 12.1. The van der Waals surface area contributed by atoms with Gasteiger partial charge < -0.3 is 16.0 Å². The van der Waals surface area contributed by atoms with Crippen LogP contribution in [0.2, 0.25) is 0 Å². The number of para-hydroxylation sites is 1. The van der Waals surface area contributed by atoms with E-state index in [0.29, 0.717) is 5.92 Å². The van der Waals surface area contributed by atoms with Crippen molar-refractivity contribution in [2.45, 2.75) is 6.92 Å². The Morgan fingerprint density at radius 3 is 2.55 bits per heavy atom. The molecule has 1 amide bonds. The largest absolute Gasteiger partial charge is 0.340 e. The highest BCUT2D eigenvalue weighted by molar-refractivity contribution is 5.92. The third-order valence-corrected chi connectivity index (χ3v) is 4.01. The van der Waals surface area contributed by atoms with Crippen LogP contribution in [-0.2, 0) is 4.79 Å². The lowest BCUT2D eigenvalue weighted by molar-refractivity contribution is -0.121. The van der Waals surface area contributed by atoms with Crippen LogP contribution in [-0.4, -0.2) is 24.0 Å². The van der Waals surface area contributed by atoms with Crippen LogP contribution in [0.4, 0.5) is 17.2 Å². The fourth-order valence-corrected chi connectivity index (χ4v) is 2.35. The molecule has 0 bridgehead atoms. The molecule has 3 N–H and O–H groups in total. The lowest BCUT2D eigenvalue weighted by atomic mass is 9.88. The lowest BCUT2D eigenvalue weighted by Gasteiger charge is -2.31. The summed E-state index contributed by atoms with van der Waals surface area (Å²) < 4.78 is 0. The van der Waals surface area contributed by atoms with Crippen molar-refractivity contribution in [1.82, 2.24) is 10.3 Å². The van der Waals surface area contributed by atoms with Crippen LogP contribution in [0.25, 0.3) is 0 Å². The van der Waals surface area contributed by atoms with Gasteiger partial charge in [0.15, 0.2) is 0 Å². The smallest absolute Gasteiger partial charge is 0.227 e. The van der Waals surface area contributed by atoms with E-state index in [1.165, 1.54) is 0 Å². The number of carbonyl (C=O) groups is 1. The molecule has 0 spiro atoms. The molecule has 22 heavy (non-hydrogen) atoms. The molecule has 0 saturated carbocycles. The second-order valence-electron chi connectivity index (χ2n) is 5.62. The highest BCUT2D eigenvalue weighted by Crippen LogP contribution is 2.19. The molecule has 0 aliphatic carbocycles. The third-order valence-electron chi connectivity index (χ3n) is 4.01. The number of rotatable bonds is 5. The molecule has 1 atom stereocenters. The molecule has 1 aromatic carbocycles. The number of amides is 1. The van der Waals surface area contributed by atoms with Gasteiger partial charge in [0.05, 0.1) is 11.9 Å². The Hall–Kier alpha value is -2.40. The number of pyridine rings is 1. The fraction of sp³-hybridized carbons (Fsp3) is 0.294. The first kappa shape index (κ1) is 14.5. The summed E-state index contributed by atoms with van der Waals surface area (Å²) in [5.41, 5.74) is 1.71. The number of nitrogens with one attached hydrogen (secondary N) is 3. The maximum atomic E-state index is 12.1. The van der Waals surface area contributed by atoms with E-state index in [4.69, 9.17) is 0 Å². The van der Waals surface area contributed by atoms with Gasteiger partial charge in [0.1, 0.15) is 5.82 Å². The molecule has 5 nitrogen and oxygen atoms in total. The normalized spacial score (nSPS) is 15.7. The van der Waals surface area contributed by atoms with E-state index in [0.717, 1.165) is 30.3 Å². The van der Waals surface area contributed by atoms with Crippen LogP contribution in [0.1, 0.15) is 6.92 Å². The first-order chi connectivity index (χ1) is 10.7. The molecule has 1 aromatic heterocycles. The number of hydrogen-bond donors (Lipinski definition) is 3. The van der Waals surface area contributed by atoms with E-state index in [-0.39, 0.29) is 11.8 Å². The van der Waals surface area contributed by atoms with Gasteiger partial charge in [-0.15, -0.1) is 0 Å². The Morgan fingerprint density at radius 1 is 1.18 bits per heavy atom. The van der Waals surface area contributed by atoms with Gasteiger partial charge in [-0.25, -0.2) is 4.98 Å². The van der Waals surface area contributed by atoms with E-state index in [1.54, 1.807) is 6.20 Å². The molecule has 2 heterocycles. The molecule has 1 saturated heterocycles. The predicted octanol–water partition coefficient (Wildman–Crippen LogP) is 2.62. The number of anilines is 3. The van der Waals surface area contributed by atoms with Crippen molar-refractivity contribution in [3.63, 3.8) is 0 Å². The van der Waals surface area contributed by atoms with E-state index in [2.05, 4.69) is 20.9 Å². The van der Waals surface area contributed by atoms with Crippen LogP contribution in [0.15, 0.2) is 48.7 Å². The van der Waals surface area contributed by atoms with E-state index < -0.39 is 0 Å². The van der Waals surface area contributed by atoms with Gasteiger partial charge >= 0.3 is 0 Å². The monoisotopic (exact) mass is 296 g/mol. The number of benzene rings is 1. The molecule has 1 aliphatic rings. The van der Waals surface area contributed by atoms with Crippen molar-refractivity contribution in [2.75, 3.05) is 23.7 Å². The average molecular weight is 296 g/mol. The van der Waals surface area contributed by atoms with Gasteiger partial charge in [-0.05, 0) is 43.3 Å². The highest BCUT2D eigenvalue weighted by atomic mass is 16.1. The van der Waals surface area contributed by atoms with Gasteiger partial charge in [-0.3, -0.25) is 4.79 Å². The number of nitrogens with zero attached hydrogens (tertiary/aromatic N) is 1. The minimum Gasteiger partial charge on any atom is -0.340 e. The average Bonchev–Trinajstić information content (AvgIpc) is 2.48. The molecular formula is C17H20N4O. The van der Waals surface area contributed by atoms with Gasteiger partial charge in [0, 0.05) is 11.6 Å². The summed E-state index contributed by atoms with van der Waals surface area (Å²) in [6, 6.07) is 13.6. The van der Waals surface area contributed by atoms with Crippen LogP contribution in [0, 0.1) is 11.8 Å². The zero-order valence-electron chi connectivity index (χ0n) is 12.5. The molecule has 5 heteroatoms. The Bertz CT molecular complexity index is 623. The van der Waals surface area contributed by atoms with Crippen molar-refractivity contribution < 1.29 is 4.79 Å². The zero-order valence-corrected chi connectivity index (χ0v) is 12.5. The summed E-state index contributed by atoms with van der Waals surface area (Å²) in [4.78, 5) is 16.5. The van der Waals surface area contributed by atoms with Crippen molar-refractivity contribution >= 4 is 23.1 Å². The third kappa shape index (κ3) is 3.43. The van der Waals surface area contributed by atoms with Crippen molar-refractivity contribution in [3.8, 4) is 0 Å². The molecule has 3 rings (SSSR count). The Balaban J connectivity index is 1.58. The van der Waals surface area contributed by atoms with Crippen molar-refractivity contribution in [3.05, 3.63) is 48.7 Å². The Labute approximate surface area is 130 Å². The molecule has 1 unspecified atom stereocenters. The number of carbonyl (C=O) groups excluding carboxylic acids is 1. The van der Waals surface area contributed by atoms with Gasteiger partial charge in [0.25, 0.3) is 0 Å². The Kier molecular flexibility index (Phi) is 4.34. The predicted molar refractivity (Wildman–Crippen MR) is 88.1 cm³/mol. The van der Waals surface area contributed by atoms with Gasteiger partial charge in [0.2, 0.25) is 5.91 Å². The fourth-order valence-electron chi connectivity index (χ4n) is 2.35. The second kappa shape index (κ2) is 6.58. The first-order valence-corrected chi connectivity index (χ1v) is 7.52. The zero-order chi connectivity index (χ0) is 15.4. The van der Waals surface area contributed by atoms with Crippen LogP contribution < -0.4 is 16.0 Å². The quantitative estimate of drug-likeness (QED) is 0.793. The lowest BCUT2D eigenvalue weighted by Crippen LogP contribution is -2.48. The molecule has 114 valence electrons. The van der Waals surface area contributed by atoms with E-state index in [9.17, 15) is 4.79 Å². The van der Waals surface area contributed by atoms with Crippen molar-refractivity contribution in [2.24, 2.45) is 11.8 Å². The minimum atomic E-state index is 0.0170. The number of aromatic nitrogens is 1. The SMILES string of the molecule is CC(C(=O)Nc1ccc(Nc2ccccc2)nc1)C1CNC1. The van der Waals surface area contributed by atoms with E-state index in [1.807, 2.05) is 49.4 Å². The number of hydrogen-bond acceptors (Lipinski definition) is 4. The summed E-state index contributed by atoms with van der Waals surface area (Å²) >= 11 is 0. The Morgan fingerprint density at radius 2 is 1.95 bits per heavy atom. The van der Waals surface area contributed by atoms with Gasteiger partial charge in [-0.2, -0.15) is 0 Å². The molecule has 2 aromatic rings. The van der Waals surface area contributed by atoms with Crippen LogP contribution >= 0.6 is 0 Å². The summed E-state index contributed by atoms with van der Waals surface area (Å²) in [5.74, 6) is 1.26. The summed E-state index contributed by atoms with van der Waals surface area (Å²) in [6.45, 7) is 3.82. The molecule has 1 aliphatic heterocycles. The summed E-state index contributed by atoms with van der Waals surface area (Å²) in [6.07, 6.45) is 1.68. The molecular weight excluding hydrogens is 276 g/mol. The van der Waals surface area contributed by atoms with Crippen LogP contribution in [0.3, 0.4) is 0 Å². The molecule has 0 radical (unpaired) electrons. The van der Waals surface area contributed by atoms with Crippen molar-refractivity contribution in [1.29, 1.82) is 0 Å². The maximum Gasteiger partial charge on any atom is 0.227 e. The van der Waals surface area contributed by atoms with Gasteiger partial charge in [-0.1, -0.05) is 25.1 Å². The van der Waals surface area contributed by atoms with E-state index >= 15 is 0 Å². The standard InChI is InChI=1S/C17H20N4O/c1-12(13-9-18-10-13)17(22)21-15-7-8-16(19-11-15)20-14-5-3-2-4-6-14/h2-8,11-13,18H,9-10H2,1H3,(H,19,20)(H,21,22).